The lowest BCUT2D eigenvalue weighted by molar-refractivity contribution is -0.248. The molecule has 2 aliphatic rings. The van der Waals surface area contributed by atoms with Crippen molar-refractivity contribution in [3.8, 4) is 0 Å². The number of rotatable bonds is 3. The molecule has 2 saturated heterocycles. The second kappa shape index (κ2) is 9.71. The number of alkyl carbamates (subject to hydrolysis) is 1. The molecule has 32 heavy (non-hydrogen) atoms. The zero-order valence-electron chi connectivity index (χ0n) is 19.2. The lowest BCUT2D eigenvalue weighted by Gasteiger charge is -2.57. The molecule has 0 saturated carbocycles. The van der Waals surface area contributed by atoms with Crippen molar-refractivity contribution in [3.05, 3.63) is 0 Å². The number of halogens is 4. The first kappa shape index (κ1) is 27.9. The van der Waals surface area contributed by atoms with Crippen molar-refractivity contribution in [2.75, 3.05) is 13.2 Å². The van der Waals surface area contributed by atoms with Crippen molar-refractivity contribution in [3.63, 3.8) is 0 Å². The maximum atomic E-state index is 15.0. The summed E-state index contributed by atoms with van der Waals surface area (Å²) in [6.07, 6.45) is -5.99. The number of hydrogen-bond donors (Lipinski definition) is 1. The van der Waals surface area contributed by atoms with Gasteiger partial charge in [0.2, 0.25) is 10.2 Å². The molecule has 1 amide bonds. The first-order chi connectivity index (χ1) is 14.4. The molecule has 0 aromatic rings. The molecule has 2 rings (SSSR count). The van der Waals surface area contributed by atoms with Crippen LogP contribution in [0.15, 0.2) is 0 Å². The average molecular weight is 539 g/mol. The summed E-state index contributed by atoms with van der Waals surface area (Å²) in [5, 5.41) is 1.56. The summed E-state index contributed by atoms with van der Waals surface area (Å²) >= 11 is 16.7. The van der Waals surface area contributed by atoms with E-state index in [0.29, 0.717) is 0 Å². The monoisotopic (exact) mass is 537 g/mol. The maximum absolute atomic E-state index is 15.0. The highest BCUT2D eigenvalue weighted by Crippen LogP contribution is 2.55. The topological polar surface area (TPSA) is 92.3 Å². The van der Waals surface area contributed by atoms with Crippen LogP contribution in [0.25, 0.3) is 0 Å². The third-order valence-corrected chi connectivity index (χ3v) is 10.8. The fraction of sp³-hybridized carbons (Fsp3) is 0.895. The van der Waals surface area contributed by atoms with Crippen molar-refractivity contribution in [2.45, 2.75) is 93.0 Å². The largest absolute Gasteiger partial charge is 0.457 e. The van der Waals surface area contributed by atoms with E-state index in [-0.39, 0.29) is 16.7 Å². The van der Waals surface area contributed by atoms with Gasteiger partial charge in [-0.2, -0.15) is 0 Å². The van der Waals surface area contributed by atoms with E-state index >= 15 is 0 Å². The number of nitrogens with one attached hydrogen (secondary N) is 1. The summed E-state index contributed by atoms with van der Waals surface area (Å²) in [5.41, 5.74) is 0. The van der Waals surface area contributed by atoms with E-state index < -0.39 is 61.7 Å². The second-order valence-corrected chi connectivity index (χ2v) is 17.2. The van der Waals surface area contributed by atoms with Crippen LogP contribution in [0.1, 0.15) is 48.5 Å². The summed E-state index contributed by atoms with van der Waals surface area (Å²) < 4.78 is 41.7. The number of esters is 1. The fourth-order valence-corrected chi connectivity index (χ4v) is 9.44. The summed E-state index contributed by atoms with van der Waals surface area (Å²) in [6, 6.07) is -1.41. The molecule has 0 aromatic carbocycles. The molecule has 8 nitrogen and oxygen atoms in total. The van der Waals surface area contributed by atoms with E-state index in [4.69, 9.17) is 57.9 Å². The molecule has 0 aliphatic carbocycles. The van der Waals surface area contributed by atoms with E-state index in [1.807, 2.05) is 41.5 Å². The molecule has 0 unspecified atom stereocenters. The predicted octanol–water partition coefficient (Wildman–Crippen LogP) is 4.54. The van der Waals surface area contributed by atoms with Crippen molar-refractivity contribution in [2.24, 2.45) is 0 Å². The minimum Gasteiger partial charge on any atom is -0.457 e. The van der Waals surface area contributed by atoms with Crippen molar-refractivity contribution < 1.29 is 37.0 Å². The molecule has 13 heteroatoms. The third kappa shape index (κ3) is 6.19. The first-order valence-corrected chi connectivity index (χ1v) is 13.1. The Morgan fingerprint density at radius 2 is 1.69 bits per heavy atom. The quantitative estimate of drug-likeness (QED) is 0.320. The van der Waals surface area contributed by atoms with E-state index in [0.717, 1.165) is 0 Å². The van der Waals surface area contributed by atoms with E-state index in [1.165, 1.54) is 6.92 Å². The van der Waals surface area contributed by atoms with Gasteiger partial charge in [-0.25, -0.2) is 9.18 Å². The highest BCUT2D eigenvalue weighted by atomic mass is 35.6. The summed E-state index contributed by atoms with van der Waals surface area (Å²) in [6.45, 7) is 12.8. The van der Waals surface area contributed by atoms with Crippen LogP contribution in [0.2, 0.25) is 10.1 Å². The van der Waals surface area contributed by atoms with Crippen LogP contribution >= 0.6 is 34.8 Å². The molecule has 2 fully saturated rings. The summed E-state index contributed by atoms with van der Waals surface area (Å²) in [5.74, 6) is -0.668. The molecule has 0 bridgehead atoms. The van der Waals surface area contributed by atoms with Crippen LogP contribution in [0.4, 0.5) is 9.18 Å². The molecule has 2 heterocycles. The molecule has 0 spiro atoms. The number of amides is 1. The number of hydrogen-bond acceptors (Lipinski definition) is 7. The van der Waals surface area contributed by atoms with Gasteiger partial charge in [-0.3, -0.25) is 4.79 Å². The molecule has 5 atom stereocenters. The van der Waals surface area contributed by atoms with Crippen LogP contribution in [0.3, 0.4) is 0 Å². The zero-order valence-corrected chi connectivity index (χ0v) is 22.4. The van der Waals surface area contributed by atoms with Crippen LogP contribution < -0.4 is 5.32 Å². The third-order valence-electron chi connectivity index (χ3n) is 5.31. The second-order valence-electron chi connectivity index (χ2n) is 9.97. The standard InChI is InChI=1S/C19H31Cl3FNO7Si/c1-10(25)29-14-12(24-16(26)27-9-19(20,21)22)15(23)30-11-8-28-32(17(2,3)4,18(5,6)7)31-13(11)14/h11-15H,8-9H2,1-7H3,(H,24,26)/t11-,12-,13+,14-,15+/m1/s1. The lowest BCUT2D eigenvalue weighted by Crippen LogP contribution is -2.73. The number of ether oxygens (including phenoxy) is 3. The first-order valence-electron chi connectivity index (χ1n) is 10.2. The molecule has 0 radical (unpaired) electrons. The van der Waals surface area contributed by atoms with E-state index in [2.05, 4.69) is 5.32 Å². The average Bonchev–Trinajstić information content (AvgIpc) is 2.59. The smallest absolute Gasteiger partial charge is 0.407 e. The Kier molecular flexibility index (Phi) is 8.46. The molecule has 186 valence electrons. The molecule has 2 aliphatic heterocycles. The Bertz CT molecular complexity index is 697. The van der Waals surface area contributed by atoms with Gasteiger partial charge in [0.15, 0.2) is 6.10 Å². The van der Waals surface area contributed by atoms with Gasteiger partial charge in [0.05, 0.1) is 6.61 Å². The molecular formula is C19H31Cl3FNO7Si. The Morgan fingerprint density at radius 3 is 2.16 bits per heavy atom. The molecule has 0 aromatic heterocycles. The Balaban J connectivity index is 2.35. The Hall–Kier alpha value is -0.363. The minimum absolute atomic E-state index is 0.0635. The molecular weight excluding hydrogens is 508 g/mol. The number of alkyl halides is 4. The van der Waals surface area contributed by atoms with Crippen LogP contribution in [0.5, 0.6) is 0 Å². The summed E-state index contributed by atoms with van der Waals surface area (Å²) in [4.78, 5) is 24.1. The van der Waals surface area contributed by atoms with Gasteiger partial charge in [0.1, 0.15) is 24.9 Å². The highest BCUT2D eigenvalue weighted by molar-refractivity contribution is 6.73. The van der Waals surface area contributed by atoms with Crippen LogP contribution in [0, 0.1) is 0 Å². The van der Waals surface area contributed by atoms with Gasteiger partial charge in [-0.05, 0) is 0 Å². The van der Waals surface area contributed by atoms with Crippen LogP contribution in [-0.4, -0.2) is 68.3 Å². The highest BCUT2D eigenvalue weighted by Gasteiger charge is 2.65. The van der Waals surface area contributed by atoms with E-state index in [1.54, 1.807) is 0 Å². The lowest BCUT2D eigenvalue weighted by atomic mass is 9.97. The minimum atomic E-state index is -3.01. The van der Waals surface area contributed by atoms with Gasteiger partial charge < -0.3 is 28.4 Å². The van der Waals surface area contributed by atoms with Crippen molar-refractivity contribution in [1.29, 1.82) is 0 Å². The fourth-order valence-electron chi connectivity index (χ4n) is 4.31. The maximum Gasteiger partial charge on any atom is 0.407 e. The number of carbonyl (C=O) groups is 2. The van der Waals surface area contributed by atoms with Gasteiger partial charge >= 0.3 is 20.6 Å². The molecule has 1 N–H and O–H groups in total. The van der Waals surface area contributed by atoms with Gasteiger partial charge in [0.25, 0.3) is 0 Å². The van der Waals surface area contributed by atoms with Crippen molar-refractivity contribution >= 4 is 55.4 Å². The van der Waals surface area contributed by atoms with Crippen LogP contribution in [-0.2, 0) is 27.9 Å². The van der Waals surface area contributed by atoms with E-state index in [9.17, 15) is 14.0 Å². The van der Waals surface area contributed by atoms with Gasteiger partial charge in [-0.1, -0.05) is 76.3 Å². The SMILES string of the molecule is CC(=O)O[C@@H]1[C@@H](NC(=O)OCC(Cl)(Cl)Cl)[C@@H](F)O[C@@H]2CO[Si](C(C)(C)C)(C(C)(C)C)O[C@H]12. The van der Waals surface area contributed by atoms with Gasteiger partial charge in [-0.15, -0.1) is 0 Å². The normalized spacial score (nSPS) is 30.8. The Labute approximate surface area is 203 Å². The summed E-state index contributed by atoms with van der Waals surface area (Å²) in [7, 11) is -3.01. The number of carbonyl (C=O) groups excluding carboxylic acids is 2. The van der Waals surface area contributed by atoms with Gasteiger partial charge in [0, 0.05) is 17.0 Å². The Morgan fingerprint density at radius 1 is 1.12 bits per heavy atom. The van der Waals surface area contributed by atoms with Crippen molar-refractivity contribution in [1.82, 2.24) is 5.32 Å². The zero-order chi connectivity index (χ0) is 24.7. The predicted molar refractivity (Wildman–Crippen MR) is 120 cm³/mol. The number of fused-ring (bicyclic) bond motifs is 1.